The maximum atomic E-state index is 12.8. The standard InChI is InChI=1S/C10H7BrClF3N2O3/c1-9(8(19)20,10(13,14)15)17-7(18)5-2-4(11)3-16-6(5)12/h2-3H,1H3,(H,17,18)(H,19,20). The van der Waals surface area contributed by atoms with E-state index in [1.165, 1.54) is 11.5 Å². The van der Waals surface area contributed by atoms with Gasteiger partial charge in [-0.2, -0.15) is 13.2 Å². The molecule has 1 heterocycles. The van der Waals surface area contributed by atoms with Gasteiger partial charge in [-0.25, -0.2) is 9.78 Å². The fourth-order valence-electron chi connectivity index (χ4n) is 1.12. The highest BCUT2D eigenvalue weighted by atomic mass is 79.9. The number of aromatic nitrogens is 1. The summed E-state index contributed by atoms with van der Waals surface area (Å²) < 4.78 is 38.6. The minimum absolute atomic E-state index is 0.302. The number of carboxylic acid groups (broad SMARTS) is 1. The number of alkyl halides is 3. The Morgan fingerprint density at radius 1 is 1.45 bits per heavy atom. The van der Waals surface area contributed by atoms with E-state index in [-0.39, 0.29) is 10.7 Å². The van der Waals surface area contributed by atoms with Gasteiger partial charge in [-0.1, -0.05) is 11.6 Å². The third kappa shape index (κ3) is 3.21. The van der Waals surface area contributed by atoms with Crippen molar-refractivity contribution < 1.29 is 27.9 Å². The van der Waals surface area contributed by atoms with Gasteiger partial charge in [-0.15, -0.1) is 0 Å². The second-order valence-electron chi connectivity index (χ2n) is 3.87. The maximum Gasteiger partial charge on any atom is 0.422 e. The third-order valence-electron chi connectivity index (χ3n) is 2.41. The molecule has 0 aromatic carbocycles. The highest BCUT2D eigenvalue weighted by Gasteiger charge is 2.58. The molecule has 0 radical (unpaired) electrons. The molecule has 0 spiro atoms. The number of carbonyl (C=O) groups is 2. The van der Waals surface area contributed by atoms with Crippen LogP contribution < -0.4 is 5.32 Å². The molecule has 0 bridgehead atoms. The Labute approximate surface area is 124 Å². The fourth-order valence-corrected chi connectivity index (χ4v) is 1.64. The summed E-state index contributed by atoms with van der Waals surface area (Å²) in [5.41, 5.74) is -3.81. The van der Waals surface area contributed by atoms with Gasteiger partial charge in [0.2, 0.25) is 5.54 Å². The van der Waals surface area contributed by atoms with Gasteiger partial charge in [-0.05, 0) is 28.9 Å². The second kappa shape index (κ2) is 5.57. The topological polar surface area (TPSA) is 79.3 Å². The van der Waals surface area contributed by atoms with Gasteiger partial charge in [-0.3, -0.25) is 4.79 Å². The van der Waals surface area contributed by atoms with Crippen LogP contribution in [0.3, 0.4) is 0 Å². The van der Waals surface area contributed by atoms with Crippen molar-refractivity contribution in [3.63, 3.8) is 0 Å². The molecule has 0 fully saturated rings. The first-order chi connectivity index (χ1) is 8.99. The molecule has 0 saturated carbocycles. The smallest absolute Gasteiger partial charge is 0.422 e. The maximum absolute atomic E-state index is 12.8. The molecule has 1 rings (SSSR count). The molecule has 0 saturated heterocycles. The molecule has 1 unspecified atom stereocenters. The van der Waals surface area contributed by atoms with Crippen LogP contribution in [0.2, 0.25) is 5.15 Å². The van der Waals surface area contributed by atoms with E-state index in [2.05, 4.69) is 20.9 Å². The van der Waals surface area contributed by atoms with E-state index in [9.17, 15) is 22.8 Å². The minimum Gasteiger partial charge on any atom is -0.479 e. The number of nitrogens with one attached hydrogen (secondary N) is 1. The molecule has 1 atom stereocenters. The summed E-state index contributed by atoms with van der Waals surface area (Å²) in [7, 11) is 0. The largest absolute Gasteiger partial charge is 0.479 e. The molecule has 10 heteroatoms. The number of hydrogen-bond acceptors (Lipinski definition) is 3. The molecule has 5 nitrogen and oxygen atoms in total. The third-order valence-corrected chi connectivity index (χ3v) is 3.14. The highest BCUT2D eigenvalue weighted by molar-refractivity contribution is 9.10. The summed E-state index contributed by atoms with van der Waals surface area (Å²) in [6.07, 6.45) is -3.94. The van der Waals surface area contributed by atoms with E-state index < -0.39 is 23.6 Å². The lowest BCUT2D eigenvalue weighted by Crippen LogP contribution is -2.61. The van der Waals surface area contributed by atoms with Crippen molar-refractivity contribution in [2.75, 3.05) is 0 Å². The summed E-state index contributed by atoms with van der Waals surface area (Å²) in [5, 5.41) is 9.76. The van der Waals surface area contributed by atoms with Crippen LogP contribution in [0.5, 0.6) is 0 Å². The van der Waals surface area contributed by atoms with E-state index in [4.69, 9.17) is 16.7 Å². The monoisotopic (exact) mass is 374 g/mol. The first kappa shape index (κ1) is 16.7. The van der Waals surface area contributed by atoms with Gasteiger partial charge in [0.1, 0.15) is 5.15 Å². The second-order valence-corrected chi connectivity index (χ2v) is 5.15. The van der Waals surface area contributed by atoms with Crippen LogP contribution in [0.4, 0.5) is 13.2 Å². The van der Waals surface area contributed by atoms with E-state index in [0.717, 1.165) is 6.07 Å². The Hall–Kier alpha value is -1.35. The Bertz CT molecular complexity index is 567. The Morgan fingerprint density at radius 3 is 2.45 bits per heavy atom. The zero-order valence-corrected chi connectivity index (χ0v) is 12.1. The van der Waals surface area contributed by atoms with E-state index in [0.29, 0.717) is 11.4 Å². The average molecular weight is 376 g/mol. The molecular formula is C10H7BrClF3N2O3. The summed E-state index contributed by atoms with van der Waals surface area (Å²) >= 11 is 8.57. The van der Waals surface area contributed by atoms with Crippen LogP contribution in [0.1, 0.15) is 17.3 Å². The molecule has 0 aliphatic carbocycles. The van der Waals surface area contributed by atoms with Crippen LogP contribution in [0.15, 0.2) is 16.7 Å². The summed E-state index contributed by atoms with van der Waals surface area (Å²) in [4.78, 5) is 26.1. The number of nitrogens with zero attached hydrogens (tertiary/aromatic N) is 1. The Morgan fingerprint density at radius 2 is 2.00 bits per heavy atom. The molecule has 0 aliphatic rings. The Kier molecular flexibility index (Phi) is 4.65. The number of aliphatic carboxylic acids is 1. The molecule has 2 N–H and O–H groups in total. The number of hydrogen-bond donors (Lipinski definition) is 2. The molecule has 1 amide bonds. The van der Waals surface area contributed by atoms with Gasteiger partial charge >= 0.3 is 12.1 Å². The van der Waals surface area contributed by atoms with Crippen molar-refractivity contribution in [2.24, 2.45) is 0 Å². The van der Waals surface area contributed by atoms with Crippen LogP contribution in [-0.2, 0) is 4.79 Å². The zero-order chi connectivity index (χ0) is 15.7. The first-order valence-electron chi connectivity index (χ1n) is 4.92. The van der Waals surface area contributed by atoms with Crippen molar-refractivity contribution in [2.45, 2.75) is 18.6 Å². The quantitative estimate of drug-likeness (QED) is 0.796. The number of rotatable bonds is 3. The lowest BCUT2D eigenvalue weighted by Gasteiger charge is -2.28. The molecule has 1 aromatic heterocycles. The van der Waals surface area contributed by atoms with E-state index in [1.807, 2.05) is 0 Å². The van der Waals surface area contributed by atoms with Crippen molar-refractivity contribution in [1.82, 2.24) is 10.3 Å². The van der Waals surface area contributed by atoms with Gasteiger partial charge in [0.25, 0.3) is 5.91 Å². The lowest BCUT2D eigenvalue weighted by molar-refractivity contribution is -0.203. The number of pyridine rings is 1. The molecule has 0 aliphatic heterocycles. The fraction of sp³-hybridized carbons (Fsp3) is 0.300. The SMILES string of the molecule is CC(NC(=O)c1cc(Br)cnc1Cl)(C(=O)O)C(F)(F)F. The van der Waals surface area contributed by atoms with E-state index >= 15 is 0 Å². The summed E-state index contributed by atoms with van der Waals surface area (Å²) in [6, 6.07) is 1.13. The predicted molar refractivity (Wildman–Crippen MR) is 66.5 cm³/mol. The van der Waals surface area contributed by atoms with Crippen molar-refractivity contribution in [3.05, 3.63) is 27.5 Å². The number of carbonyl (C=O) groups excluding carboxylic acids is 1. The van der Waals surface area contributed by atoms with Crippen LogP contribution in [0, 0.1) is 0 Å². The summed E-state index contributed by atoms with van der Waals surface area (Å²) in [5.74, 6) is -3.54. The molecule has 110 valence electrons. The van der Waals surface area contributed by atoms with Crippen molar-refractivity contribution in [3.8, 4) is 0 Å². The molecule has 1 aromatic rings. The molecular weight excluding hydrogens is 368 g/mol. The van der Waals surface area contributed by atoms with Gasteiger partial charge in [0, 0.05) is 10.7 Å². The minimum atomic E-state index is -5.18. The van der Waals surface area contributed by atoms with Gasteiger partial charge in [0.05, 0.1) is 5.56 Å². The highest BCUT2D eigenvalue weighted by Crippen LogP contribution is 2.31. The zero-order valence-electron chi connectivity index (χ0n) is 9.76. The average Bonchev–Trinajstić information content (AvgIpc) is 2.30. The van der Waals surface area contributed by atoms with Crippen molar-refractivity contribution in [1.29, 1.82) is 0 Å². The summed E-state index contributed by atoms with van der Waals surface area (Å²) in [6.45, 7) is 0.340. The Balaban J connectivity index is 3.16. The normalized spacial score (nSPS) is 14.5. The number of amides is 1. The van der Waals surface area contributed by atoms with Crippen LogP contribution in [-0.4, -0.2) is 33.7 Å². The van der Waals surface area contributed by atoms with Crippen LogP contribution >= 0.6 is 27.5 Å². The van der Waals surface area contributed by atoms with E-state index in [1.54, 1.807) is 0 Å². The first-order valence-corrected chi connectivity index (χ1v) is 6.10. The number of carboxylic acids is 1. The van der Waals surface area contributed by atoms with Crippen molar-refractivity contribution >= 4 is 39.4 Å². The van der Waals surface area contributed by atoms with Gasteiger partial charge < -0.3 is 10.4 Å². The van der Waals surface area contributed by atoms with Crippen LogP contribution in [0.25, 0.3) is 0 Å². The van der Waals surface area contributed by atoms with Gasteiger partial charge in [0.15, 0.2) is 0 Å². The molecule has 20 heavy (non-hydrogen) atoms. The number of halogens is 5. The lowest BCUT2D eigenvalue weighted by atomic mass is 10.0. The predicted octanol–water partition coefficient (Wildman–Crippen LogP) is 2.63.